The van der Waals surface area contributed by atoms with E-state index in [2.05, 4.69) is 36.2 Å². The van der Waals surface area contributed by atoms with Gasteiger partial charge in [0, 0.05) is 36.6 Å². The number of aromatic nitrogens is 1. The second-order valence-corrected chi connectivity index (χ2v) is 5.49. The zero-order chi connectivity index (χ0) is 13.4. The SMILES string of the molecule is CC(=O)N1CCC(c2c(C)[nH]c3ccccc23)CC1. The Labute approximate surface area is 113 Å². The summed E-state index contributed by atoms with van der Waals surface area (Å²) in [5.41, 5.74) is 3.96. The van der Waals surface area contributed by atoms with E-state index in [1.54, 1.807) is 6.92 Å². The fourth-order valence-electron chi connectivity index (χ4n) is 3.31. The van der Waals surface area contributed by atoms with Gasteiger partial charge in [0.1, 0.15) is 0 Å². The third kappa shape index (κ3) is 2.14. The number of likely N-dealkylation sites (tertiary alicyclic amines) is 1. The molecule has 0 bridgehead atoms. The highest BCUT2D eigenvalue weighted by atomic mass is 16.2. The number of rotatable bonds is 1. The summed E-state index contributed by atoms with van der Waals surface area (Å²) >= 11 is 0. The molecular formula is C16H20N2O. The topological polar surface area (TPSA) is 36.1 Å². The monoisotopic (exact) mass is 256 g/mol. The van der Waals surface area contributed by atoms with Gasteiger partial charge in [0.25, 0.3) is 0 Å². The molecule has 1 N–H and O–H groups in total. The number of nitrogens with one attached hydrogen (secondary N) is 1. The van der Waals surface area contributed by atoms with Gasteiger partial charge in [-0.05, 0) is 37.3 Å². The molecule has 2 heterocycles. The average molecular weight is 256 g/mol. The molecule has 1 aliphatic heterocycles. The maximum Gasteiger partial charge on any atom is 0.219 e. The maximum atomic E-state index is 11.4. The quantitative estimate of drug-likeness (QED) is 0.835. The number of aryl methyl sites for hydroxylation is 1. The minimum Gasteiger partial charge on any atom is -0.358 e. The molecule has 0 spiro atoms. The Bertz CT molecular complexity index is 606. The van der Waals surface area contributed by atoms with Crippen LogP contribution in [0, 0.1) is 6.92 Å². The summed E-state index contributed by atoms with van der Waals surface area (Å²) in [5, 5.41) is 1.35. The lowest BCUT2D eigenvalue weighted by molar-refractivity contribution is -0.129. The Kier molecular flexibility index (Phi) is 3.05. The standard InChI is InChI=1S/C16H20N2O/c1-11-16(14-5-3-4-6-15(14)17-11)13-7-9-18(10-8-13)12(2)19/h3-6,13,17H,7-10H2,1-2H3. The third-order valence-electron chi connectivity index (χ3n) is 4.29. The summed E-state index contributed by atoms with van der Waals surface area (Å²) in [5.74, 6) is 0.779. The second kappa shape index (κ2) is 4.72. The predicted octanol–water partition coefficient (Wildman–Crippen LogP) is 3.20. The molecule has 1 aromatic carbocycles. The van der Waals surface area contributed by atoms with E-state index in [9.17, 15) is 4.79 Å². The number of aromatic amines is 1. The smallest absolute Gasteiger partial charge is 0.219 e. The predicted molar refractivity (Wildman–Crippen MR) is 77.3 cm³/mol. The number of benzene rings is 1. The molecule has 19 heavy (non-hydrogen) atoms. The molecule has 1 amide bonds. The molecule has 1 aromatic heterocycles. The van der Waals surface area contributed by atoms with Crippen LogP contribution in [-0.4, -0.2) is 28.9 Å². The van der Waals surface area contributed by atoms with Crippen molar-refractivity contribution in [1.82, 2.24) is 9.88 Å². The molecule has 0 atom stereocenters. The van der Waals surface area contributed by atoms with Crippen molar-refractivity contribution < 1.29 is 4.79 Å². The van der Waals surface area contributed by atoms with Gasteiger partial charge in [0.05, 0.1) is 0 Å². The van der Waals surface area contributed by atoms with E-state index >= 15 is 0 Å². The maximum absolute atomic E-state index is 11.4. The molecule has 2 aromatic rings. The second-order valence-electron chi connectivity index (χ2n) is 5.49. The van der Waals surface area contributed by atoms with Gasteiger partial charge in [-0.2, -0.15) is 0 Å². The largest absolute Gasteiger partial charge is 0.358 e. The van der Waals surface area contributed by atoms with Gasteiger partial charge < -0.3 is 9.88 Å². The molecule has 3 heteroatoms. The van der Waals surface area contributed by atoms with Crippen molar-refractivity contribution in [3.63, 3.8) is 0 Å². The van der Waals surface area contributed by atoms with E-state index in [-0.39, 0.29) is 5.91 Å². The van der Waals surface area contributed by atoms with Crippen LogP contribution in [-0.2, 0) is 4.79 Å². The summed E-state index contributed by atoms with van der Waals surface area (Å²) in [4.78, 5) is 16.8. The van der Waals surface area contributed by atoms with Gasteiger partial charge in [-0.1, -0.05) is 18.2 Å². The molecule has 0 radical (unpaired) electrons. The Balaban J connectivity index is 1.89. The van der Waals surface area contributed by atoms with E-state index in [0.717, 1.165) is 25.9 Å². The number of H-pyrrole nitrogens is 1. The molecule has 3 rings (SSSR count). The van der Waals surface area contributed by atoms with Crippen LogP contribution in [0.2, 0.25) is 0 Å². The van der Waals surface area contributed by atoms with Crippen LogP contribution in [0.4, 0.5) is 0 Å². The van der Waals surface area contributed by atoms with E-state index in [1.165, 1.54) is 22.2 Å². The first-order valence-electron chi connectivity index (χ1n) is 6.99. The summed E-state index contributed by atoms with van der Waals surface area (Å²) in [6.45, 7) is 5.60. The van der Waals surface area contributed by atoms with Gasteiger partial charge in [-0.25, -0.2) is 0 Å². The van der Waals surface area contributed by atoms with Crippen LogP contribution in [0.25, 0.3) is 10.9 Å². The van der Waals surface area contributed by atoms with E-state index in [0.29, 0.717) is 5.92 Å². The van der Waals surface area contributed by atoms with Crippen LogP contribution in [0.3, 0.4) is 0 Å². The molecule has 3 nitrogen and oxygen atoms in total. The van der Waals surface area contributed by atoms with Crippen molar-refractivity contribution in [3.05, 3.63) is 35.5 Å². The number of para-hydroxylation sites is 1. The van der Waals surface area contributed by atoms with E-state index in [1.807, 2.05) is 4.90 Å². The molecule has 1 saturated heterocycles. The first-order valence-corrected chi connectivity index (χ1v) is 6.99. The zero-order valence-electron chi connectivity index (χ0n) is 11.6. The van der Waals surface area contributed by atoms with Crippen molar-refractivity contribution in [2.75, 3.05) is 13.1 Å². The van der Waals surface area contributed by atoms with Gasteiger partial charge in [-0.3, -0.25) is 4.79 Å². The lowest BCUT2D eigenvalue weighted by Crippen LogP contribution is -2.36. The summed E-state index contributed by atoms with van der Waals surface area (Å²) < 4.78 is 0. The van der Waals surface area contributed by atoms with Crippen LogP contribution >= 0.6 is 0 Å². The Morgan fingerprint density at radius 3 is 2.63 bits per heavy atom. The molecular weight excluding hydrogens is 236 g/mol. The lowest BCUT2D eigenvalue weighted by Gasteiger charge is -2.31. The van der Waals surface area contributed by atoms with Crippen molar-refractivity contribution in [3.8, 4) is 0 Å². The molecule has 0 aliphatic carbocycles. The lowest BCUT2D eigenvalue weighted by atomic mass is 9.87. The number of amides is 1. The van der Waals surface area contributed by atoms with Gasteiger partial charge in [0.15, 0.2) is 0 Å². The van der Waals surface area contributed by atoms with Gasteiger partial charge in [0.2, 0.25) is 5.91 Å². The van der Waals surface area contributed by atoms with Gasteiger partial charge in [-0.15, -0.1) is 0 Å². The van der Waals surface area contributed by atoms with Crippen LogP contribution < -0.4 is 0 Å². The van der Waals surface area contributed by atoms with Crippen molar-refractivity contribution >= 4 is 16.8 Å². The Morgan fingerprint density at radius 2 is 1.95 bits per heavy atom. The number of hydrogen-bond donors (Lipinski definition) is 1. The highest BCUT2D eigenvalue weighted by Crippen LogP contribution is 2.35. The number of carbonyl (C=O) groups excluding carboxylic acids is 1. The number of fused-ring (bicyclic) bond motifs is 1. The van der Waals surface area contributed by atoms with Crippen molar-refractivity contribution in [2.24, 2.45) is 0 Å². The summed E-state index contributed by atoms with van der Waals surface area (Å²) in [6, 6.07) is 8.51. The highest BCUT2D eigenvalue weighted by Gasteiger charge is 2.25. The minimum atomic E-state index is 0.203. The van der Waals surface area contributed by atoms with E-state index < -0.39 is 0 Å². The first kappa shape index (κ1) is 12.3. The number of piperidine rings is 1. The third-order valence-corrected chi connectivity index (χ3v) is 4.29. The highest BCUT2D eigenvalue weighted by molar-refractivity contribution is 5.85. The van der Waals surface area contributed by atoms with Crippen molar-refractivity contribution in [1.29, 1.82) is 0 Å². The van der Waals surface area contributed by atoms with Crippen molar-refractivity contribution in [2.45, 2.75) is 32.6 Å². The Morgan fingerprint density at radius 1 is 1.26 bits per heavy atom. The van der Waals surface area contributed by atoms with Gasteiger partial charge >= 0.3 is 0 Å². The number of hydrogen-bond acceptors (Lipinski definition) is 1. The number of nitrogens with zero attached hydrogens (tertiary/aromatic N) is 1. The Hall–Kier alpha value is -1.77. The molecule has 0 saturated carbocycles. The fraction of sp³-hybridized carbons (Fsp3) is 0.438. The first-order chi connectivity index (χ1) is 9.16. The van der Waals surface area contributed by atoms with Crippen LogP contribution in [0.5, 0.6) is 0 Å². The fourth-order valence-corrected chi connectivity index (χ4v) is 3.31. The molecule has 0 unspecified atom stereocenters. The summed E-state index contributed by atoms with van der Waals surface area (Å²) in [6.07, 6.45) is 2.14. The average Bonchev–Trinajstić information content (AvgIpc) is 2.74. The number of carbonyl (C=O) groups is 1. The van der Waals surface area contributed by atoms with E-state index in [4.69, 9.17) is 0 Å². The van der Waals surface area contributed by atoms with Crippen LogP contribution in [0.1, 0.15) is 36.9 Å². The normalized spacial score (nSPS) is 17.1. The molecule has 100 valence electrons. The molecule has 1 fully saturated rings. The molecule has 1 aliphatic rings. The zero-order valence-corrected chi connectivity index (χ0v) is 11.6. The minimum absolute atomic E-state index is 0.203. The summed E-state index contributed by atoms with van der Waals surface area (Å²) in [7, 11) is 0. The van der Waals surface area contributed by atoms with Crippen LogP contribution in [0.15, 0.2) is 24.3 Å².